The van der Waals surface area contributed by atoms with Gasteiger partial charge in [0.2, 0.25) is 0 Å². The van der Waals surface area contributed by atoms with E-state index >= 15 is 0 Å². The first-order valence-corrected chi connectivity index (χ1v) is 7.20. The van der Waals surface area contributed by atoms with Crippen molar-refractivity contribution in [3.05, 3.63) is 35.9 Å². The van der Waals surface area contributed by atoms with E-state index in [1.807, 2.05) is 6.07 Å². The molecule has 0 aromatic heterocycles. The van der Waals surface area contributed by atoms with Gasteiger partial charge in [0.25, 0.3) is 0 Å². The summed E-state index contributed by atoms with van der Waals surface area (Å²) in [4.78, 5) is 13.9. The van der Waals surface area contributed by atoms with Crippen molar-refractivity contribution in [3.8, 4) is 0 Å². The largest absolute Gasteiger partial charge is 0.481 e. The van der Waals surface area contributed by atoms with Crippen LogP contribution in [0.5, 0.6) is 0 Å². The summed E-state index contributed by atoms with van der Waals surface area (Å²) < 4.78 is 0. The van der Waals surface area contributed by atoms with Crippen molar-refractivity contribution in [2.45, 2.75) is 32.2 Å². The number of benzene rings is 1. The van der Waals surface area contributed by atoms with Crippen LogP contribution in [0.25, 0.3) is 0 Å². The molecule has 1 heterocycles. The van der Waals surface area contributed by atoms with E-state index in [9.17, 15) is 9.90 Å². The second-order valence-corrected chi connectivity index (χ2v) is 6.02. The molecule has 3 rings (SSSR count). The van der Waals surface area contributed by atoms with Crippen LogP contribution in [0.1, 0.15) is 31.2 Å². The Morgan fingerprint density at radius 1 is 1.32 bits per heavy atom. The van der Waals surface area contributed by atoms with Crippen LogP contribution in [-0.2, 0) is 11.3 Å². The average Bonchev–Trinajstić information content (AvgIpc) is 3.22. The molecule has 1 unspecified atom stereocenters. The highest BCUT2D eigenvalue weighted by molar-refractivity contribution is 5.78. The predicted molar refractivity (Wildman–Crippen MR) is 73.7 cm³/mol. The van der Waals surface area contributed by atoms with Crippen LogP contribution < -0.4 is 0 Å². The SMILES string of the molecule is O=C(O)C1(C2CCCN(Cc3ccccc3)C2)CC1. The van der Waals surface area contributed by atoms with Crippen molar-refractivity contribution >= 4 is 5.97 Å². The van der Waals surface area contributed by atoms with E-state index in [-0.39, 0.29) is 5.41 Å². The van der Waals surface area contributed by atoms with Crippen LogP contribution in [0.2, 0.25) is 0 Å². The number of aliphatic carboxylic acids is 1. The van der Waals surface area contributed by atoms with Gasteiger partial charge in [-0.05, 0) is 43.7 Å². The smallest absolute Gasteiger partial charge is 0.309 e. The zero-order valence-corrected chi connectivity index (χ0v) is 11.2. The summed E-state index contributed by atoms with van der Waals surface area (Å²) in [7, 11) is 0. The summed E-state index contributed by atoms with van der Waals surface area (Å²) in [6.07, 6.45) is 3.97. The fraction of sp³-hybridized carbons (Fsp3) is 0.562. The first-order valence-electron chi connectivity index (χ1n) is 7.20. The quantitative estimate of drug-likeness (QED) is 0.904. The van der Waals surface area contributed by atoms with Crippen molar-refractivity contribution in [1.29, 1.82) is 0 Å². The highest BCUT2D eigenvalue weighted by Crippen LogP contribution is 2.54. The standard InChI is InChI=1S/C16H21NO2/c18-15(19)16(8-9-16)14-7-4-10-17(12-14)11-13-5-2-1-3-6-13/h1-3,5-6,14H,4,7-12H2,(H,18,19). The van der Waals surface area contributed by atoms with Gasteiger partial charge in [-0.15, -0.1) is 0 Å². The zero-order valence-electron chi connectivity index (χ0n) is 11.2. The highest BCUT2D eigenvalue weighted by atomic mass is 16.4. The van der Waals surface area contributed by atoms with E-state index in [4.69, 9.17) is 0 Å². The molecule has 0 bridgehead atoms. The van der Waals surface area contributed by atoms with Gasteiger partial charge in [-0.3, -0.25) is 9.69 Å². The van der Waals surface area contributed by atoms with Gasteiger partial charge < -0.3 is 5.11 Å². The summed E-state index contributed by atoms with van der Waals surface area (Å²) in [5.41, 5.74) is 0.943. The lowest BCUT2D eigenvalue weighted by Crippen LogP contribution is -2.41. The molecular weight excluding hydrogens is 238 g/mol. The van der Waals surface area contributed by atoms with Crippen molar-refractivity contribution in [3.63, 3.8) is 0 Å². The lowest BCUT2D eigenvalue weighted by atomic mass is 9.82. The Morgan fingerprint density at radius 3 is 2.68 bits per heavy atom. The number of nitrogens with zero attached hydrogens (tertiary/aromatic N) is 1. The van der Waals surface area contributed by atoms with E-state index in [2.05, 4.69) is 29.2 Å². The lowest BCUT2D eigenvalue weighted by molar-refractivity contribution is -0.146. The Balaban J connectivity index is 1.64. The molecule has 2 fully saturated rings. The number of piperidine rings is 1. The van der Waals surface area contributed by atoms with Gasteiger partial charge in [0.05, 0.1) is 5.41 Å². The normalized spacial score (nSPS) is 26.0. The van der Waals surface area contributed by atoms with Gasteiger partial charge in [-0.25, -0.2) is 0 Å². The molecule has 1 saturated heterocycles. The Labute approximate surface area is 114 Å². The van der Waals surface area contributed by atoms with E-state index in [0.717, 1.165) is 45.3 Å². The maximum absolute atomic E-state index is 11.4. The van der Waals surface area contributed by atoms with Gasteiger partial charge in [-0.1, -0.05) is 30.3 Å². The monoisotopic (exact) mass is 259 g/mol. The molecule has 2 aliphatic rings. The van der Waals surface area contributed by atoms with Crippen LogP contribution in [0.4, 0.5) is 0 Å². The van der Waals surface area contributed by atoms with Crippen LogP contribution in [0.3, 0.4) is 0 Å². The average molecular weight is 259 g/mol. The van der Waals surface area contributed by atoms with Crippen LogP contribution >= 0.6 is 0 Å². The summed E-state index contributed by atoms with van der Waals surface area (Å²) in [5.74, 6) is -0.221. The topological polar surface area (TPSA) is 40.5 Å². The molecule has 1 aliphatic heterocycles. The first-order chi connectivity index (χ1) is 9.21. The number of hydrogen-bond acceptors (Lipinski definition) is 2. The summed E-state index contributed by atoms with van der Waals surface area (Å²) in [6.45, 7) is 3.00. The van der Waals surface area contributed by atoms with Crippen molar-refractivity contribution < 1.29 is 9.90 Å². The molecule has 1 aliphatic carbocycles. The lowest BCUT2D eigenvalue weighted by Gasteiger charge is -2.35. The predicted octanol–water partition coefficient (Wildman–Crippen LogP) is 2.76. The number of carboxylic acids is 1. The molecule has 1 saturated carbocycles. The van der Waals surface area contributed by atoms with E-state index in [1.165, 1.54) is 5.56 Å². The Hall–Kier alpha value is -1.35. The number of likely N-dealkylation sites (tertiary alicyclic amines) is 1. The minimum absolute atomic E-state index is 0.350. The first kappa shape index (κ1) is 12.7. The maximum Gasteiger partial charge on any atom is 0.309 e. The summed E-state index contributed by atoms with van der Waals surface area (Å²) in [5, 5.41) is 9.41. The Bertz CT molecular complexity index is 453. The fourth-order valence-corrected chi connectivity index (χ4v) is 3.42. The second-order valence-electron chi connectivity index (χ2n) is 6.02. The highest BCUT2D eigenvalue weighted by Gasteiger charge is 2.56. The van der Waals surface area contributed by atoms with Crippen LogP contribution in [-0.4, -0.2) is 29.1 Å². The van der Waals surface area contributed by atoms with Crippen molar-refractivity contribution in [2.75, 3.05) is 13.1 Å². The molecule has 0 amide bonds. The Kier molecular flexibility index (Phi) is 3.31. The molecule has 3 nitrogen and oxygen atoms in total. The maximum atomic E-state index is 11.4. The van der Waals surface area contributed by atoms with E-state index in [0.29, 0.717) is 5.92 Å². The van der Waals surface area contributed by atoms with Gasteiger partial charge in [0.1, 0.15) is 0 Å². The molecule has 0 spiro atoms. The van der Waals surface area contributed by atoms with Crippen LogP contribution in [0.15, 0.2) is 30.3 Å². The van der Waals surface area contributed by atoms with Gasteiger partial charge in [0, 0.05) is 13.1 Å². The number of carboxylic acid groups (broad SMARTS) is 1. The molecule has 1 atom stereocenters. The van der Waals surface area contributed by atoms with E-state index < -0.39 is 5.97 Å². The number of rotatable bonds is 4. The molecule has 1 aromatic carbocycles. The molecule has 102 valence electrons. The van der Waals surface area contributed by atoms with Crippen molar-refractivity contribution in [1.82, 2.24) is 4.90 Å². The molecule has 1 aromatic rings. The third-order valence-corrected chi connectivity index (χ3v) is 4.75. The fourth-order valence-electron chi connectivity index (χ4n) is 3.42. The molecule has 19 heavy (non-hydrogen) atoms. The van der Waals surface area contributed by atoms with Crippen LogP contribution in [0, 0.1) is 11.3 Å². The third-order valence-electron chi connectivity index (χ3n) is 4.75. The third kappa shape index (κ3) is 2.52. The minimum atomic E-state index is -0.570. The minimum Gasteiger partial charge on any atom is -0.481 e. The molecular formula is C16H21NO2. The molecule has 1 N–H and O–H groups in total. The van der Waals surface area contributed by atoms with Crippen molar-refractivity contribution in [2.24, 2.45) is 11.3 Å². The molecule has 3 heteroatoms. The van der Waals surface area contributed by atoms with Gasteiger partial charge in [-0.2, -0.15) is 0 Å². The molecule has 0 radical (unpaired) electrons. The zero-order chi connectivity index (χ0) is 13.3. The summed E-state index contributed by atoms with van der Waals surface area (Å²) >= 11 is 0. The Morgan fingerprint density at radius 2 is 2.05 bits per heavy atom. The van der Waals surface area contributed by atoms with E-state index in [1.54, 1.807) is 0 Å². The summed E-state index contributed by atoms with van der Waals surface area (Å²) in [6, 6.07) is 10.5. The number of hydrogen-bond donors (Lipinski definition) is 1. The van der Waals surface area contributed by atoms with Gasteiger partial charge in [0.15, 0.2) is 0 Å². The van der Waals surface area contributed by atoms with Gasteiger partial charge >= 0.3 is 5.97 Å². The number of carbonyl (C=O) groups is 1. The second kappa shape index (κ2) is 4.97.